The molecule has 0 saturated carbocycles. The molecule has 0 heterocycles. The number of benzene rings is 3. The topological polar surface area (TPSA) is 145 Å². The summed E-state index contributed by atoms with van der Waals surface area (Å²) in [5.41, 5.74) is 6.90. The highest BCUT2D eigenvalue weighted by Crippen LogP contribution is 2.21. The first kappa shape index (κ1) is 24.5. The first-order valence-electron chi connectivity index (χ1n) is 10.9. The second-order valence-electron chi connectivity index (χ2n) is 7.84. The standard InChI is InChI=1S/C25H28N4O5/c26-13-3-6-22(24(33)27-15-23(31)32)29(16-17-7-11-21(30)12-8-17)25(34)28-20-10-9-18-4-1-2-5-19(18)14-20/h1-2,4-5,7-12,14,22,30H,3,6,13,15-16,26H2,(H,27,33)(H,28,34)(H,31,32)/t22-/m1/s1. The first-order chi connectivity index (χ1) is 16.4. The number of phenols is 1. The van der Waals surface area contributed by atoms with Crippen LogP contribution in [0.5, 0.6) is 5.75 Å². The molecule has 9 heteroatoms. The lowest BCUT2D eigenvalue weighted by Crippen LogP contribution is -2.51. The van der Waals surface area contributed by atoms with Crippen LogP contribution in [0, 0.1) is 0 Å². The third-order valence-electron chi connectivity index (χ3n) is 5.33. The fourth-order valence-electron chi connectivity index (χ4n) is 3.60. The number of nitrogens with two attached hydrogens (primary N) is 1. The molecule has 3 amide bonds. The summed E-state index contributed by atoms with van der Waals surface area (Å²) >= 11 is 0. The van der Waals surface area contributed by atoms with E-state index in [9.17, 15) is 19.5 Å². The Morgan fingerprint density at radius 3 is 2.35 bits per heavy atom. The first-order valence-corrected chi connectivity index (χ1v) is 10.9. The van der Waals surface area contributed by atoms with Crippen molar-refractivity contribution in [1.29, 1.82) is 0 Å². The summed E-state index contributed by atoms with van der Waals surface area (Å²) in [6.07, 6.45) is 0.714. The van der Waals surface area contributed by atoms with Crippen molar-refractivity contribution in [3.05, 3.63) is 72.3 Å². The van der Waals surface area contributed by atoms with E-state index in [-0.39, 0.29) is 18.7 Å². The number of urea groups is 1. The predicted octanol–water partition coefficient (Wildman–Crippen LogP) is 2.89. The Kier molecular flexibility index (Phi) is 8.42. The van der Waals surface area contributed by atoms with E-state index >= 15 is 0 Å². The van der Waals surface area contributed by atoms with Gasteiger partial charge in [-0.1, -0.05) is 42.5 Å². The van der Waals surface area contributed by atoms with Crippen LogP contribution in [0.25, 0.3) is 10.8 Å². The third kappa shape index (κ3) is 6.69. The highest BCUT2D eigenvalue weighted by Gasteiger charge is 2.30. The maximum atomic E-state index is 13.4. The molecule has 6 N–H and O–H groups in total. The van der Waals surface area contributed by atoms with E-state index in [0.29, 0.717) is 24.2 Å². The molecule has 0 unspecified atom stereocenters. The lowest BCUT2D eigenvalue weighted by Gasteiger charge is -2.31. The Hall–Kier alpha value is -4.11. The molecule has 0 spiro atoms. The molecule has 3 aromatic rings. The number of phenolic OH excluding ortho intramolecular Hbond substituents is 1. The van der Waals surface area contributed by atoms with Crippen LogP contribution in [-0.4, -0.2) is 52.2 Å². The van der Waals surface area contributed by atoms with Crippen LogP contribution in [0.4, 0.5) is 10.5 Å². The van der Waals surface area contributed by atoms with E-state index in [4.69, 9.17) is 10.8 Å². The summed E-state index contributed by atoms with van der Waals surface area (Å²) in [6, 6.07) is 18.1. The van der Waals surface area contributed by atoms with E-state index < -0.39 is 30.5 Å². The molecule has 0 saturated heterocycles. The van der Waals surface area contributed by atoms with E-state index in [1.807, 2.05) is 36.4 Å². The lowest BCUT2D eigenvalue weighted by molar-refractivity contribution is -0.138. The van der Waals surface area contributed by atoms with Crippen molar-refractivity contribution in [2.75, 3.05) is 18.4 Å². The number of aliphatic carboxylic acids is 1. The van der Waals surface area contributed by atoms with Crippen LogP contribution >= 0.6 is 0 Å². The minimum atomic E-state index is -1.18. The molecule has 0 aromatic heterocycles. The minimum Gasteiger partial charge on any atom is -0.508 e. The number of carbonyl (C=O) groups excluding carboxylic acids is 2. The zero-order valence-corrected chi connectivity index (χ0v) is 18.6. The van der Waals surface area contributed by atoms with E-state index in [0.717, 1.165) is 10.8 Å². The fourth-order valence-corrected chi connectivity index (χ4v) is 3.60. The van der Waals surface area contributed by atoms with Crippen molar-refractivity contribution in [2.24, 2.45) is 5.73 Å². The van der Waals surface area contributed by atoms with Gasteiger partial charge in [-0.05, 0) is 60.0 Å². The van der Waals surface area contributed by atoms with E-state index in [1.54, 1.807) is 18.2 Å². The number of nitrogens with zero attached hydrogens (tertiary/aromatic N) is 1. The fraction of sp³-hybridized carbons (Fsp3) is 0.240. The Balaban J connectivity index is 1.89. The number of carbonyl (C=O) groups is 3. The van der Waals surface area contributed by atoms with Crippen molar-refractivity contribution >= 4 is 34.4 Å². The average Bonchev–Trinajstić information content (AvgIpc) is 2.83. The predicted molar refractivity (Wildman–Crippen MR) is 129 cm³/mol. The molecule has 0 aliphatic heterocycles. The normalized spacial score (nSPS) is 11.6. The molecule has 0 aliphatic carbocycles. The van der Waals surface area contributed by atoms with E-state index in [2.05, 4.69) is 10.6 Å². The number of carboxylic acids is 1. The highest BCUT2D eigenvalue weighted by molar-refractivity contribution is 5.96. The summed E-state index contributed by atoms with van der Waals surface area (Å²) in [5, 5.41) is 25.7. The van der Waals surface area contributed by atoms with Gasteiger partial charge in [0.15, 0.2) is 0 Å². The number of hydrogen-bond acceptors (Lipinski definition) is 5. The van der Waals surface area contributed by atoms with Crippen molar-refractivity contribution in [2.45, 2.75) is 25.4 Å². The summed E-state index contributed by atoms with van der Waals surface area (Å²) in [6.45, 7) is -0.186. The van der Waals surface area contributed by atoms with Gasteiger partial charge in [0.2, 0.25) is 5.91 Å². The monoisotopic (exact) mass is 464 g/mol. The minimum absolute atomic E-state index is 0.0649. The zero-order valence-electron chi connectivity index (χ0n) is 18.6. The van der Waals surface area contributed by atoms with Crippen molar-refractivity contribution in [3.8, 4) is 5.75 Å². The molecule has 0 aliphatic rings. The smallest absolute Gasteiger partial charge is 0.322 e. The van der Waals surface area contributed by atoms with Gasteiger partial charge in [0, 0.05) is 12.2 Å². The summed E-state index contributed by atoms with van der Waals surface area (Å²) in [4.78, 5) is 38.6. The summed E-state index contributed by atoms with van der Waals surface area (Å²) in [7, 11) is 0. The number of fused-ring (bicyclic) bond motifs is 1. The Labute approximate surface area is 197 Å². The second-order valence-corrected chi connectivity index (χ2v) is 7.84. The van der Waals surface area contributed by atoms with Gasteiger partial charge in [-0.3, -0.25) is 9.59 Å². The van der Waals surface area contributed by atoms with Crippen LogP contribution in [-0.2, 0) is 16.1 Å². The molecule has 1 atom stereocenters. The Morgan fingerprint density at radius 1 is 0.971 bits per heavy atom. The van der Waals surface area contributed by atoms with Gasteiger partial charge >= 0.3 is 12.0 Å². The molecule has 0 radical (unpaired) electrons. The molecular formula is C25H28N4O5. The van der Waals surface area contributed by atoms with Crippen LogP contribution in [0.15, 0.2) is 66.7 Å². The van der Waals surface area contributed by atoms with Crippen LogP contribution in [0.3, 0.4) is 0 Å². The number of hydrogen-bond donors (Lipinski definition) is 5. The molecule has 0 fully saturated rings. The van der Waals surface area contributed by atoms with Crippen molar-refractivity contribution in [3.63, 3.8) is 0 Å². The lowest BCUT2D eigenvalue weighted by atomic mass is 10.1. The molecule has 3 rings (SSSR count). The van der Waals surface area contributed by atoms with Crippen molar-refractivity contribution < 1.29 is 24.6 Å². The quantitative estimate of drug-likeness (QED) is 0.312. The number of nitrogens with one attached hydrogen (secondary N) is 2. The molecular weight excluding hydrogens is 436 g/mol. The number of rotatable bonds is 10. The van der Waals surface area contributed by atoms with Crippen LogP contribution < -0.4 is 16.4 Å². The third-order valence-corrected chi connectivity index (χ3v) is 5.33. The van der Waals surface area contributed by atoms with Gasteiger partial charge < -0.3 is 31.5 Å². The number of aromatic hydroxyl groups is 1. The van der Waals surface area contributed by atoms with Gasteiger partial charge in [-0.2, -0.15) is 0 Å². The van der Waals surface area contributed by atoms with Gasteiger partial charge in [0.05, 0.1) is 0 Å². The van der Waals surface area contributed by atoms with Gasteiger partial charge in [0.25, 0.3) is 0 Å². The Morgan fingerprint density at radius 2 is 1.68 bits per heavy atom. The Bertz CT molecular complexity index is 1150. The largest absolute Gasteiger partial charge is 0.508 e. The van der Waals surface area contributed by atoms with E-state index in [1.165, 1.54) is 17.0 Å². The molecule has 0 bridgehead atoms. The molecule has 34 heavy (non-hydrogen) atoms. The average molecular weight is 465 g/mol. The summed E-state index contributed by atoms with van der Waals surface area (Å²) in [5.74, 6) is -1.69. The highest BCUT2D eigenvalue weighted by atomic mass is 16.4. The number of amides is 3. The van der Waals surface area contributed by atoms with Crippen molar-refractivity contribution in [1.82, 2.24) is 10.2 Å². The zero-order chi connectivity index (χ0) is 24.5. The molecule has 3 aromatic carbocycles. The van der Waals surface area contributed by atoms with Crippen LogP contribution in [0.2, 0.25) is 0 Å². The number of carboxylic acid groups (broad SMARTS) is 1. The number of anilines is 1. The van der Waals surface area contributed by atoms with Gasteiger partial charge in [0.1, 0.15) is 18.3 Å². The van der Waals surface area contributed by atoms with Gasteiger partial charge in [-0.15, -0.1) is 0 Å². The maximum Gasteiger partial charge on any atom is 0.322 e. The van der Waals surface area contributed by atoms with Crippen LogP contribution in [0.1, 0.15) is 18.4 Å². The van der Waals surface area contributed by atoms with Gasteiger partial charge in [-0.25, -0.2) is 4.79 Å². The SMILES string of the molecule is NCCC[C@H](C(=O)NCC(=O)O)N(Cc1ccc(O)cc1)C(=O)Nc1ccc2ccccc2c1. The second kappa shape index (κ2) is 11.7. The summed E-state index contributed by atoms with van der Waals surface area (Å²) < 4.78 is 0. The molecule has 178 valence electrons. The maximum absolute atomic E-state index is 13.4. The molecule has 9 nitrogen and oxygen atoms in total.